The van der Waals surface area contributed by atoms with E-state index >= 15 is 0 Å². The minimum absolute atomic E-state index is 0.138. The van der Waals surface area contributed by atoms with E-state index in [-0.39, 0.29) is 11.9 Å². The number of carbonyl (C=O) groups excluding carboxylic acids is 1. The lowest BCUT2D eigenvalue weighted by molar-refractivity contribution is -0.113. The predicted octanol–water partition coefficient (Wildman–Crippen LogP) is 5.39. The highest BCUT2D eigenvalue weighted by Gasteiger charge is 2.31. The van der Waals surface area contributed by atoms with Gasteiger partial charge in [-0.25, -0.2) is 0 Å². The summed E-state index contributed by atoms with van der Waals surface area (Å²) in [6.45, 7) is 6.14. The van der Waals surface area contributed by atoms with Crippen LogP contribution >= 0.6 is 12.2 Å². The summed E-state index contributed by atoms with van der Waals surface area (Å²) >= 11 is 5.42. The molecule has 1 amide bonds. The van der Waals surface area contributed by atoms with Gasteiger partial charge in [-0.05, 0) is 53.0 Å². The zero-order chi connectivity index (χ0) is 21.3. The van der Waals surface area contributed by atoms with Crippen molar-refractivity contribution in [1.82, 2.24) is 10.6 Å². The Labute approximate surface area is 182 Å². The molecule has 0 bridgehead atoms. The number of hydrogen-bond donors (Lipinski definition) is 3. The molecule has 0 saturated heterocycles. The number of carbonyl (C=O) groups is 1. The smallest absolute Gasteiger partial charge is 0.255 e. The first-order valence-electron chi connectivity index (χ1n) is 10.1. The molecule has 4 nitrogen and oxygen atoms in total. The third-order valence-electron chi connectivity index (χ3n) is 5.48. The molecule has 30 heavy (non-hydrogen) atoms. The number of fused-ring (bicyclic) bond motifs is 1. The number of para-hydroxylation sites is 1. The van der Waals surface area contributed by atoms with E-state index in [1.807, 2.05) is 43.3 Å². The summed E-state index contributed by atoms with van der Waals surface area (Å²) in [4.78, 5) is 13.5. The molecule has 4 rings (SSSR count). The maximum Gasteiger partial charge on any atom is 0.255 e. The normalized spacial score (nSPS) is 16.4. The van der Waals surface area contributed by atoms with Crippen molar-refractivity contribution in [3.63, 3.8) is 0 Å². The highest BCUT2D eigenvalue weighted by atomic mass is 32.1. The third-order valence-corrected chi connectivity index (χ3v) is 5.70. The number of thiocarbonyl (C=S) groups is 1. The van der Waals surface area contributed by atoms with E-state index in [2.05, 4.69) is 60.1 Å². The van der Waals surface area contributed by atoms with Gasteiger partial charge in [-0.15, -0.1) is 0 Å². The van der Waals surface area contributed by atoms with Gasteiger partial charge in [0.15, 0.2) is 5.11 Å². The van der Waals surface area contributed by atoms with E-state index in [0.29, 0.717) is 16.6 Å². The Hall–Kier alpha value is -3.18. The second kappa shape index (κ2) is 8.28. The molecule has 1 aliphatic heterocycles. The molecular weight excluding hydrogens is 390 g/mol. The second-order valence-corrected chi connectivity index (χ2v) is 8.24. The number of benzene rings is 3. The Morgan fingerprint density at radius 3 is 2.50 bits per heavy atom. The minimum atomic E-state index is -0.337. The van der Waals surface area contributed by atoms with Crippen LogP contribution in [0, 0.1) is 0 Å². The molecular formula is C25H25N3OS. The van der Waals surface area contributed by atoms with Crippen LogP contribution < -0.4 is 16.0 Å². The Morgan fingerprint density at radius 2 is 1.70 bits per heavy atom. The van der Waals surface area contributed by atoms with Crippen LogP contribution in [0.3, 0.4) is 0 Å². The molecule has 0 saturated carbocycles. The molecule has 0 spiro atoms. The fourth-order valence-electron chi connectivity index (χ4n) is 4.03. The van der Waals surface area contributed by atoms with Crippen molar-refractivity contribution >= 4 is 39.7 Å². The highest BCUT2D eigenvalue weighted by molar-refractivity contribution is 7.80. The van der Waals surface area contributed by atoms with Crippen LogP contribution in [0.2, 0.25) is 0 Å². The van der Waals surface area contributed by atoms with Gasteiger partial charge in [0.25, 0.3) is 5.91 Å². The Kier molecular flexibility index (Phi) is 5.55. The summed E-state index contributed by atoms with van der Waals surface area (Å²) in [6, 6.07) is 21.9. The van der Waals surface area contributed by atoms with Crippen molar-refractivity contribution in [1.29, 1.82) is 0 Å². The van der Waals surface area contributed by atoms with Gasteiger partial charge in [-0.1, -0.05) is 74.5 Å². The predicted molar refractivity (Wildman–Crippen MR) is 127 cm³/mol. The Morgan fingerprint density at radius 1 is 1.00 bits per heavy atom. The second-order valence-electron chi connectivity index (χ2n) is 7.83. The van der Waals surface area contributed by atoms with Crippen molar-refractivity contribution in [2.75, 3.05) is 5.32 Å². The minimum Gasteiger partial charge on any atom is -0.351 e. The summed E-state index contributed by atoms with van der Waals surface area (Å²) in [5, 5.41) is 12.3. The first-order valence-corrected chi connectivity index (χ1v) is 10.5. The topological polar surface area (TPSA) is 53.2 Å². The third kappa shape index (κ3) is 3.81. The van der Waals surface area contributed by atoms with Crippen LogP contribution in [0.25, 0.3) is 10.8 Å². The number of allylic oxidation sites excluding steroid dienone is 1. The number of anilines is 1. The fourth-order valence-corrected chi connectivity index (χ4v) is 4.31. The van der Waals surface area contributed by atoms with Crippen LogP contribution in [-0.4, -0.2) is 11.0 Å². The lowest BCUT2D eigenvalue weighted by Gasteiger charge is -2.31. The molecule has 3 aromatic rings. The summed E-state index contributed by atoms with van der Waals surface area (Å²) < 4.78 is 0. The molecule has 3 aromatic carbocycles. The standard InChI is InChI=1S/C25H25N3OS/c1-15(2)18-11-6-7-14-21(18)27-24(29)22-16(3)26-25(30)28-23(22)20-13-8-10-17-9-4-5-12-19(17)20/h4-15,23H,1-3H3,(H,27,29)(H2,26,28,30)/t23-/m0/s1. The van der Waals surface area contributed by atoms with Crippen LogP contribution in [0.15, 0.2) is 78.0 Å². The van der Waals surface area contributed by atoms with Crippen molar-refractivity contribution in [3.8, 4) is 0 Å². The van der Waals surface area contributed by atoms with Crippen LogP contribution in [-0.2, 0) is 4.79 Å². The Bertz CT molecular complexity index is 1160. The lowest BCUT2D eigenvalue weighted by atomic mass is 9.91. The Balaban J connectivity index is 1.77. The summed E-state index contributed by atoms with van der Waals surface area (Å²) in [5.74, 6) is 0.168. The largest absolute Gasteiger partial charge is 0.351 e. The number of hydrogen-bond acceptors (Lipinski definition) is 2. The number of nitrogens with one attached hydrogen (secondary N) is 3. The van der Waals surface area contributed by atoms with Crippen molar-refractivity contribution in [2.24, 2.45) is 0 Å². The van der Waals surface area contributed by atoms with Crippen LogP contribution in [0.5, 0.6) is 0 Å². The molecule has 0 fully saturated rings. The van der Waals surface area contributed by atoms with E-state index in [9.17, 15) is 4.79 Å². The molecule has 0 unspecified atom stereocenters. The molecule has 0 radical (unpaired) electrons. The molecule has 0 aromatic heterocycles. The summed E-state index contributed by atoms with van der Waals surface area (Å²) in [5.41, 5.74) is 4.37. The average molecular weight is 416 g/mol. The molecule has 152 valence electrons. The first kappa shape index (κ1) is 20.1. The van der Waals surface area contributed by atoms with Crippen molar-refractivity contribution in [3.05, 3.63) is 89.1 Å². The lowest BCUT2D eigenvalue weighted by Crippen LogP contribution is -2.45. The van der Waals surface area contributed by atoms with E-state index in [0.717, 1.165) is 33.3 Å². The van der Waals surface area contributed by atoms with Crippen molar-refractivity contribution < 1.29 is 4.79 Å². The maximum absolute atomic E-state index is 13.5. The van der Waals surface area contributed by atoms with Crippen LogP contribution in [0.1, 0.15) is 43.9 Å². The quantitative estimate of drug-likeness (QED) is 0.500. The highest BCUT2D eigenvalue weighted by Crippen LogP contribution is 2.33. The molecule has 3 N–H and O–H groups in total. The zero-order valence-corrected chi connectivity index (χ0v) is 18.1. The summed E-state index contributed by atoms with van der Waals surface area (Å²) in [6.07, 6.45) is 0. The van der Waals surface area contributed by atoms with Gasteiger partial charge >= 0.3 is 0 Å². The van der Waals surface area contributed by atoms with Gasteiger partial charge in [-0.3, -0.25) is 4.79 Å². The van der Waals surface area contributed by atoms with Crippen LogP contribution in [0.4, 0.5) is 5.69 Å². The number of amides is 1. The SMILES string of the molecule is CC1=C(C(=O)Nc2ccccc2C(C)C)[C@H](c2cccc3ccccc23)NC(=S)N1. The zero-order valence-electron chi connectivity index (χ0n) is 17.3. The van der Waals surface area contributed by atoms with Gasteiger partial charge in [0, 0.05) is 11.4 Å². The van der Waals surface area contributed by atoms with Gasteiger partial charge < -0.3 is 16.0 Å². The fraction of sp³-hybridized carbons (Fsp3) is 0.200. The van der Waals surface area contributed by atoms with Gasteiger partial charge in [0.05, 0.1) is 11.6 Å². The molecule has 1 heterocycles. The van der Waals surface area contributed by atoms with Gasteiger partial charge in [0.2, 0.25) is 0 Å². The average Bonchev–Trinajstić information content (AvgIpc) is 2.73. The van der Waals surface area contributed by atoms with Crippen molar-refractivity contribution in [2.45, 2.75) is 32.7 Å². The van der Waals surface area contributed by atoms with Gasteiger partial charge in [0.1, 0.15) is 0 Å². The van der Waals surface area contributed by atoms with E-state index in [1.165, 1.54) is 0 Å². The first-order chi connectivity index (χ1) is 14.5. The summed E-state index contributed by atoms with van der Waals surface area (Å²) in [7, 11) is 0. The molecule has 5 heteroatoms. The molecule has 1 atom stereocenters. The molecule has 0 aliphatic carbocycles. The van der Waals surface area contributed by atoms with E-state index in [4.69, 9.17) is 12.2 Å². The molecule has 1 aliphatic rings. The number of rotatable bonds is 4. The van der Waals surface area contributed by atoms with E-state index in [1.54, 1.807) is 0 Å². The maximum atomic E-state index is 13.5. The monoisotopic (exact) mass is 415 g/mol. The van der Waals surface area contributed by atoms with Gasteiger partial charge in [-0.2, -0.15) is 0 Å². The van der Waals surface area contributed by atoms with E-state index < -0.39 is 0 Å².